The lowest BCUT2D eigenvalue weighted by molar-refractivity contribution is 0.377. The van der Waals surface area contributed by atoms with Gasteiger partial charge in [0, 0.05) is 18.6 Å². The van der Waals surface area contributed by atoms with E-state index in [4.69, 9.17) is 5.73 Å². The van der Waals surface area contributed by atoms with Gasteiger partial charge in [0.05, 0.1) is 10.2 Å². The Balaban J connectivity index is 1.95. The summed E-state index contributed by atoms with van der Waals surface area (Å²) in [6.07, 6.45) is 6.29. The molecular formula is C15H22N4S. The number of thiophene rings is 1. The van der Waals surface area contributed by atoms with Gasteiger partial charge in [-0.25, -0.2) is 9.97 Å². The van der Waals surface area contributed by atoms with Crippen LogP contribution in [0.5, 0.6) is 0 Å². The molecule has 1 saturated carbocycles. The Labute approximate surface area is 124 Å². The molecule has 0 radical (unpaired) electrons. The Morgan fingerprint density at radius 1 is 1.30 bits per heavy atom. The normalized spacial score (nSPS) is 23.1. The van der Waals surface area contributed by atoms with Gasteiger partial charge in [-0.1, -0.05) is 0 Å². The minimum atomic E-state index is 0.388. The third kappa shape index (κ3) is 2.40. The van der Waals surface area contributed by atoms with Crippen molar-refractivity contribution in [2.24, 2.45) is 5.73 Å². The smallest absolute Gasteiger partial charge is 0.150 e. The summed E-state index contributed by atoms with van der Waals surface area (Å²) in [6.45, 7) is 5.32. The second-order valence-corrected chi connectivity index (χ2v) is 6.53. The van der Waals surface area contributed by atoms with Gasteiger partial charge in [0.2, 0.25) is 0 Å². The molecule has 2 aromatic heterocycles. The Hall–Kier alpha value is -1.20. The largest absolute Gasteiger partial charge is 0.353 e. The van der Waals surface area contributed by atoms with Crippen molar-refractivity contribution in [1.82, 2.24) is 9.97 Å². The van der Waals surface area contributed by atoms with Gasteiger partial charge in [0.1, 0.15) is 12.1 Å². The van der Waals surface area contributed by atoms with Crippen LogP contribution < -0.4 is 10.6 Å². The van der Waals surface area contributed by atoms with Crippen LogP contribution in [0.4, 0.5) is 5.82 Å². The van der Waals surface area contributed by atoms with Crippen LogP contribution in [0.1, 0.15) is 38.2 Å². The molecule has 5 heteroatoms. The number of anilines is 1. The van der Waals surface area contributed by atoms with E-state index in [0.717, 1.165) is 30.7 Å². The van der Waals surface area contributed by atoms with Crippen molar-refractivity contribution in [3.05, 3.63) is 17.3 Å². The molecular weight excluding hydrogens is 268 g/mol. The SMILES string of the molecule is CCN(c1ncnc2c(C)csc12)C1CCC(N)CC1. The molecule has 0 aromatic carbocycles. The Bertz CT molecular complexity index is 587. The fourth-order valence-corrected chi connectivity index (χ4v) is 4.16. The number of nitrogens with zero attached hydrogens (tertiary/aromatic N) is 3. The van der Waals surface area contributed by atoms with Crippen LogP contribution in [-0.4, -0.2) is 28.6 Å². The van der Waals surface area contributed by atoms with Crippen LogP contribution in [0.25, 0.3) is 10.2 Å². The zero-order valence-electron chi connectivity index (χ0n) is 12.2. The lowest BCUT2D eigenvalue weighted by Gasteiger charge is -2.36. The summed E-state index contributed by atoms with van der Waals surface area (Å²) in [4.78, 5) is 11.5. The summed E-state index contributed by atoms with van der Waals surface area (Å²) < 4.78 is 1.22. The minimum absolute atomic E-state index is 0.388. The minimum Gasteiger partial charge on any atom is -0.353 e. The first-order valence-corrected chi connectivity index (χ1v) is 8.29. The quantitative estimate of drug-likeness (QED) is 0.943. The number of hydrogen-bond acceptors (Lipinski definition) is 5. The highest BCUT2D eigenvalue weighted by atomic mass is 32.1. The molecule has 4 nitrogen and oxygen atoms in total. The number of aryl methyl sites for hydroxylation is 1. The second-order valence-electron chi connectivity index (χ2n) is 5.65. The molecule has 2 heterocycles. The van der Waals surface area contributed by atoms with E-state index in [9.17, 15) is 0 Å². The summed E-state index contributed by atoms with van der Waals surface area (Å²) in [7, 11) is 0. The van der Waals surface area contributed by atoms with Crippen molar-refractivity contribution in [1.29, 1.82) is 0 Å². The topological polar surface area (TPSA) is 55.0 Å². The number of hydrogen-bond donors (Lipinski definition) is 1. The predicted octanol–water partition coefficient (Wildman–Crippen LogP) is 3.10. The van der Waals surface area contributed by atoms with Gasteiger partial charge in [-0.3, -0.25) is 0 Å². The average molecular weight is 290 g/mol. The van der Waals surface area contributed by atoms with Gasteiger partial charge in [0.15, 0.2) is 0 Å². The maximum Gasteiger partial charge on any atom is 0.150 e. The summed E-state index contributed by atoms with van der Waals surface area (Å²) >= 11 is 1.76. The maximum atomic E-state index is 6.03. The molecule has 0 atom stereocenters. The van der Waals surface area contributed by atoms with Crippen molar-refractivity contribution >= 4 is 27.4 Å². The summed E-state index contributed by atoms with van der Waals surface area (Å²) in [5.41, 5.74) is 8.38. The van der Waals surface area contributed by atoms with Gasteiger partial charge >= 0.3 is 0 Å². The molecule has 0 bridgehead atoms. The first-order valence-electron chi connectivity index (χ1n) is 7.41. The molecule has 0 aliphatic heterocycles. The van der Waals surface area contributed by atoms with Crippen LogP contribution in [-0.2, 0) is 0 Å². The first-order chi connectivity index (χ1) is 9.70. The lowest BCUT2D eigenvalue weighted by Crippen LogP contribution is -2.41. The third-order valence-corrected chi connectivity index (χ3v) is 5.39. The molecule has 0 saturated heterocycles. The molecule has 0 unspecified atom stereocenters. The maximum absolute atomic E-state index is 6.03. The molecule has 20 heavy (non-hydrogen) atoms. The highest BCUT2D eigenvalue weighted by molar-refractivity contribution is 7.18. The highest BCUT2D eigenvalue weighted by Gasteiger charge is 2.26. The van der Waals surface area contributed by atoms with Crippen molar-refractivity contribution < 1.29 is 0 Å². The summed E-state index contributed by atoms with van der Waals surface area (Å²) in [5, 5.41) is 2.17. The van der Waals surface area contributed by atoms with Crippen LogP contribution in [0.2, 0.25) is 0 Å². The predicted molar refractivity (Wildman–Crippen MR) is 85.4 cm³/mol. The first kappa shape index (κ1) is 13.8. The monoisotopic (exact) mass is 290 g/mol. The van der Waals surface area contributed by atoms with Gasteiger partial charge in [-0.15, -0.1) is 11.3 Å². The lowest BCUT2D eigenvalue weighted by atomic mass is 9.90. The number of fused-ring (bicyclic) bond motifs is 1. The van der Waals surface area contributed by atoms with Crippen molar-refractivity contribution in [2.45, 2.75) is 51.6 Å². The average Bonchev–Trinajstić information content (AvgIpc) is 2.84. The molecule has 0 amide bonds. The number of rotatable bonds is 3. The Kier molecular flexibility index (Phi) is 3.89. The molecule has 2 N–H and O–H groups in total. The molecule has 0 spiro atoms. The molecule has 2 aromatic rings. The molecule has 1 fully saturated rings. The second kappa shape index (κ2) is 5.66. The van der Waals surface area contributed by atoms with E-state index in [-0.39, 0.29) is 0 Å². The van der Waals surface area contributed by atoms with E-state index in [2.05, 4.69) is 34.1 Å². The van der Waals surface area contributed by atoms with Crippen molar-refractivity contribution in [2.75, 3.05) is 11.4 Å². The fourth-order valence-electron chi connectivity index (χ4n) is 3.16. The number of aromatic nitrogens is 2. The molecule has 1 aliphatic rings. The zero-order chi connectivity index (χ0) is 14.1. The van der Waals surface area contributed by atoms with E-state index < -0.39 is 0 Å². The van der Waals surface area contributed by atoms with Crippen LogP contribution in [0.3, 0.4) is 0 Å². The summed E-state index contributed by atoms with van der Waals surface area (Å²) in [6, 6.07) is 0.958. The van der Waals surface area contributed by atoms with E-state index in [0.29, 0.717) is 12.1 Å². The zero-order valence-corrected chi connectivity index (χ0v) is 13.0. The van der Waals surface area contributed by atoms with E-state index in [1.165, 1.54) is 23.1 Å². The van der Waals surface area contributed by atoms with Gasteiger partial charge in [-0.05, 0) is 50.5 Å². The third-order valence-electron chi connectivity index (χ3n) is 4.31. The van der Waals surface area contributed by atoms with Crippen LogP contribution >= 0.6 is 11.3 Å². The van der Waals surface area contributed by atoms with E-state index in [1.54, 1.807) is 17.7 Å². The van der Waals surface area contributed by atoms with Gasteiger partial charge in [-0.2, -0.15) is 0 Å². The molecule has 108 valence electrons. The summed E-state index contributed by atoms with van der Waals surface area (Å²) in [5.74, 6) is 1.11. The fraction of sp³-hybridized carbons (Fsp3) is 0.600. The van der Waals surface area contributed by atoms with E-state index >= 15 is 0 Å². The Morgan fingerprint density at radius 2 is 2.05 bits per heavy atom. The van der Waals surface area contributed by atoms with Gasteiger partial charge in [0.25, 0.3) is 0 Å². The number of nitrogens with two attached hydrogens (primary N) is 1. The van der Waals surface area contributed by atoms with Crippen LogP contribution in [0.15, 0.2) is 11.7 Å². The van der Waals surface area contributed by atoms with Crippen molar-refractivity contribution in [3.8, 4) is 0 Å². The van der Waals surface area contributed by atoms with Crippen molar-refractivity contribution in [3.63, 3.8) is 0 Å². The molecule has 3 rings (SSSR count). The molecule has 1 aliphatic carbocycles. The standard InChI is InChI=1S/C15H22N4S/c1-3-19(12-6-4-11(16)5-7-12)15-14-13(17-9-18-15)10(2)8-20-14/h8-9,11-12H,3-7,16H2,1-2H3. The Morgan fingerprint density at radius 3 is 2.75 bits per heavy atom. The van der Waals surface area contributed by atoms with Gasteiger partial charge < -0.3 is 10.6 Å². The van der Waals surface area contributed by atoms with Crippen LogP contribution in [0, 0.1) is 6.92 Å². The highest BCUT2D eigenvalue weighted by Crippen LogP contribution is 2.34. The van der Waals surface area contributed by atoms with E-state index in [1.807, 2.05) is 0 Å².